The van der Waals surface area contributed by atoms with E-state index in [1.807, 2.05) is 0 Å². The van der Waals surface area contributed by atoms with E-state index >= 15 is 0 Å². The van der Waals surface area contributed by atoms with E-state index in [9.17, 15) is 47.5 Å². The minimum absolute atomic E-state index is 0.133. The first-order valence-electron chi connectivity index (χ1n) is 22.8. The topological polar surface area (TPSA) is 187 Å². The van der Waals surface area contributed by atoms with Crippen molar-refractivity contribution in [3.63, 3.8) is 0 Å². The zero-order valence-electron chi connectivity index (χ0n) is 35.6. The Hall–Kier alpha value is -2.21. The first kappa shape index (κ1) is 53.8. The van der Waals surface area contributed by atoms with Gasteiger partial charge in [0.05, 0.1) is 12.8 Å². The highest BCUT2D eigenvalue weighted by Gasteiger charge is 2.53. The number of carbonyl (C=O) groups excluding carboxylic acids is 1. The minimum atomic E-state index is -5.31. The molecule has 4 N–H and O–H groups in total. The van der Waals surface area contributed by atoms with Gasteiger partial charge in [0.2, 0.25) is 10.7 Å². The number of aliphatic carboxylic acids is 3. The Bertz CT molecular complexity index is 1130. The molecule has 11 nitrogen and oxygen atoms in total. The maximum absolute atomic E-state index is 13.6. The largest absolute Gasteiger partial charge is 0.481 e. The number of amides is 1. The molecule has 0 aromatic carbocycles. The van der Waals surface area contributed by atoms with Crippen LogP contribution < -0.4 is 0 Å². The average Bonchev–Trinajstić information content (AvgIpc) is 3.13. The predicted octanol–water partition coefficient (Wildman–Crippen LogP) is 11.8. The number of carboxylic acids is 3. The second-order valence-electron chi connectivity index (χ2n) is 16.3. The van der Waals surface area contributed by atoms with Crippen molar-refractivity contribution in [2.75, 3.05) is 6.54 Å². The molecule has 0 rings (SSSR count). The maximum Gasteiger partial charge on any atom is 0.328 e. The highest BCUT2D eigenvalue weighted by Crippen LogP contribution is 2.31. The molecule has 0 aliphatic rings. The molecule has 0 saturated carbocycles. The van der Waals surface area contributed by atoms with E-state index in [4.69, 9.17) is 0 Å². The van der Waals surface area contributed by atoms with E-state index in [-0.39, 0.29) is 13.0 Å². The van der Waals surface area contributed by atoms with Gasteiger partial charge in [0, 0.05) is 6.54 Å². The van der Waals surface area contributed by atoms with Gasteiger partial charge >= 0.3 is 17.9 Å². The summed E-state index contributed by atoms with van der Waals surface area (Å²) >= 11 is 0. The van der Waals surface area contributed by atoms with Gasteiger partial charge in [-0.2, -0.15) is 8.42 Å². The van der Waals surface area contributed by atoms with Crippen LogP contribution in [0.25, 0.3) is 0 Å². The van der Waals surface area contributed by atoms with Crippen LogP contribution in [0.2, 0.25) is 0 Å². The van der Waals surface area contributed by atoms with Crippen LogP contribution in [-0.4, -0.2) is 74.3 Å². The summed E-state index contributed by atoms with van der Waals surface area (Å²) in [5.74, 6) is -6.05. The molecule has 12 heteroatoms. The third kappa shape index (κ3) is 26.7. The molecule has 0 aromatic rings. The highest BCUT2D eigenvalue weighted by atomic mass is 32.2. The zero-order chi connectivity index (χ0) is 41.9. The van der Waals surface area contributed by atoms with Crippen LogP contribution in [-0.2, 0) is 29.3 Å². The fourth-order valence-corrected chi connectivity index (χ4v) is 8.62. The molecular weight excluding hydrogens is 735 g/mol. The van der Waals surface area contributed by atoms with Crippen molar-refractivity contribution in [3.05, 3.63) is 0 Å². The molecule has 0 fully saturated rings. The molecule has 1 amide bonds. The summed E-state index contributed by atoms with van der Waals surface area (Å²) in [6, 6.07) is -1.81. The van der Waals surface area contributed by atoms with Crippen molar-refractivity contribution in [2.24, 2.45) is 0 Å². The molecule has 0 aliphatic carbocycles. The van der Waals surface area contributed by atoms with E-state index in [1.165, 1.54) is 122 Å². The van der Waals surface area contributed by atoms with Gasteiger partial charge in [-0.15, -0.1) is 0 Å². The van der Waals surface area contributed by atoms with Crippen LogP contribution in [0.1, 0.15) is 239 Å². The average molecular weight is 818 g/mol. The molecule has 0 radical (unpaired) electrons. The quantitative estimate of drug-likeness (QED) is 0.0341. The summed E-state index contributed by atoms with van der Waals surface area (Å²) in [6.07, 6.45) is 32.4. The molecule has 2 unspecified atom stereocenters. The highest BCUT2D eigenvalue weighted by molar-refractivity contribution is 7.88. The predicted molar refractivity (Wildman–Crippen MR) is 226 cm³/mol. The van der Waals surface area contributed by atoms with Gasteiger partial charge in [0.15, 0.2) is 0 Å². The van der Waals surface area contributed by atoms with Gasteiger partial charge in [-0.3, -0.25) is 18.9 Å². The zero-order valence-corrected chi connectivity index (χ0v) is 36.4. The normalized spacial score (nSPS) is 13.3. The Morgan fingerprint density at radius 3 is 1.07 bits per heavy atom. The van der Waals surface area contributed by atoms with Crippen LogP contribution in [0.15, 0.2) is 0 Å². The number of hydrogen-bond donors (Lipinski definition) is 4. The summed E-state index contributed by atoms with van der Waals surface area (Å²) in [4.78, 5) is 50.6. The number of unbranched alkanes of at least 4 members (excludes halogenated alkanes) is 30. The van der Waals surface area contributed by atoms with Crippen LogP contribution in [0.5, 0.6) is 0 Å². The fraction of sp³-hybridized carbons (Fsp3) is 0.909. The second-order valence-corrected chi connectivity index (χ2v) is 18.1. The lowest BCUT2D eigenvalue weighted by atomic mass is 9.94. The van der Waals surface area contributed by atoms with Gasteiger partial charge in [-0.1, -0.05) is 213 Å². The van der Waals surface area contributed by atoms with Crippen molar-refractivity contribution < 1.29 is 47.5 Å². The smallest absolute Gasteiger partial charge is 0.328 e. The Balaban J connectivity index is 4.90. The van der Waals surface area contributed by atoms with Crippen LogP contribution >= 0.6 is 0 Å². The van der Waals surface area contributed by atoms with Crippen molar-refractivity contribution in [1.29, 1.82) is 0 Å². The SMILES string of the molecule is CCCCCCCCCCCCCCCCCCN(C(=O)CC(CCCCCCCCCCCCCCCCCC)(C(=O)O)S(=O)(=O)O)C(CC(=O)O)C(=O)O. The Morgan fingerprint density at radius 1 is 0.500 bits per heavy atom. The lowest BCUT2D eigenvalue weighted by Crippen LogP contribution is -2.53. The monoisotopic (exact) mass is 818 g/mol. The van der Waals surface area contributed by atoms with Crippen molar-refractivity contribution in [2.45, 2.75) is 249 Å². The van der Waals surface area contributed by atoms with Crippen LogP contribution in [0, 0.1) is 0 Å². The van der Waals surface area contributed by atoms with E-state index < -0.39 is 64.0 Å². The summed E-state index contributed by atoms with van der Waals surface area (Å²) in [5.41, 5.74) is 0. The van der Waals surface area contributed by atoms with Crippen molar-refractivity contribution in [3.8, 4) is 0 Å². The Labute approximate surface area is 341 Å². The summed E-state index contributed by atoms with van der Waals surface area (Å²) in [5, 5.41) is 29.4. The van der Waals surface area contributed by atoms with Gasteiger partial charge in [0.25, 0.3) is 10.1 Å². The number of hydrogen-bond acceptors (Lipinski definition) is 6. The van der Waals surface area contributed by atoms with Gasteiger partial charge in [-0.25, -0.2) is 4.79 Å². The lowest BCUT2D eigenvalue weighted by molar-refractivity contribution is -0.155. The first-order valence-corrected chi connectivity index (χ1v) is 24.2. The molecule has 2 atom stereocenters. The number of carbonyl (C=O) groups is 4. The molecule has 0 spiro atoms. The second kappa shape index (κ2) is 34.8. The van der Waals surface area contributed by atoms with Gasteiger partial charge < -0.3 is 20.2 Å². The fourth-order valence-electron chi connectivity index (χ4n) is 7.69. The summed E-state index contributed by atoms with van der Waals surface area (Å²) < 4.78 is 32.6. The molecule has 0 aliphatic heterocycles. The summed E-state index contributed by atoms with van der Waals surface area (Å²) in [6.45, 7) is 4.29. The standard InChI is InChI=1S/C44H83NO10S/c1-3-5-7-9-11-13-15-17-19-21-23-25-27-29-31-33-35-44(43(51)52,56(53,54)55)38-40(46)45(39(42(49)50)37-41(47)48)36-34-32-30-28-26-24-22-20-18-16-14-12-10-8-6-4-2/h39H,3-38H2,1-2H3,(H,47,48)(H,49,50)(H,51,52)(H,53,54,55). The van der Waals surface area contributed by atoms with Crippen molar-refractivity contribution in [1.82, 2.24) is 4.90 Å². The summed E-state index contributed by atoms with van der Waals surface area (Å²) in [7, 11) is -5.31. The van der Waals surface area contributed by atoms with E-state index in [0.29, 0.717) is 19.3 Å². The van der Waals surface area contributed by atoms with E-state index in [0.717, 1.165) is 62.7 Å². The lowest BCUT2D eigenvalue weighted by Gasteiger charge is -2.32. The molecule has 56 heavy (non-hydrogen) atoms. The Morgan fingerprint density at radius 2 is 0.804 bits per heavy atom. The Kier molecular flexibility index (Phi) is 33.4. The molecular formula is C44H83NO10S. The number of carboxylic acid groups (broad SMARTS) is 3. The van der Waals surface area contributed by atoms with E-state index in [1.54, 1.807) is 0 Å². The number of nitrogens with zero attached hydrogens (tertiary/aromatic N) is 1. The maximum atomic E-state index is 13.6. The first-order chi connectivity index (χ1) is 26.8. The molecule has 0 heterocycles. The molecule has 0 saturated heterocycles. The van der Waals surface area contributed by atoms with E-state index in [2.05, 4.69) is 13.8 Å². The van der Waals surface area contributed by atoms with Gasteiger partial charge in [-0.05, 0) is 12.8 Å². The van der Waals surface area contributed by atoms with Gasteiger partial charge in [0.1, 0.15) is 6.04 Å². The minimum Gasteiger partial charge on any atom is -0.481 e. The number of rotatable bonds is 42. The van der Waals surface area contributed by atoms with Crippen LogP contribution in [0.4, 0.5) is 0 Å². The molecule has 330 valence electrons. The third-order valence-electron chi connectivity index (χ3n) is 11.4. The molecule has 0 bridgehead atoms. The van der Waals surface area contributed by atoms with Crippen LogP contribution in [0.3, 0.4) is 0 Å². The molecule has 0 aromatic heterocycles. The third-order valence-corrected chi connectivity index (χ3v) is 12.9. The van der Waals surface area contributed by atoms with Crippen molar-refractivity contribution >= 4 is 33.9 Å².